The van der Waals surface area contributed by atoms with Crippen LogP contribution in [0.3, 0.4) is 0 Å². The summed E-state index contributed by atoms with van der Waals surface area (Å²) in [6.45, 7) is 1.85. The normalized spacial score (nSPS) is 11.2. The highest BCUT2D eigenvalue weighted by Crippen LogP contribution is 2.33. The van der Waals surface area contributed by atoms with Crippen LogP contribution in [0.1, 0.15) is 11.3 Å². The van der Waals surface area contributed by atoms with Crippen molar-refractivity contribution in [3.05, 3.63) is 69.9 Å². The summed E-state index contributed by atoms with van der Waals surface area (Å²) in [5.74, 6) is -0.770. The van der Waals surface area contributed by atoms with Gasteiger partial charge in [-0.05, 0) is 19.1 Å². The Hall–Kier alpha value is -3.67. The average Bonchev–Trinajstić information content (AvgIpc) is 2.77. The number of nitrogens with one attached hydrogen (secondary N) is 1. The van der Waals surface area contributed by atoms with Gasteiger partial charge >= 0.3 is 6.18 Å². The van der Waals surface area contributed by atoms with Crippen LogP contribution < -0.4 is 10.1 Å². The first kappa shape index (κ1) is 24.0. The van der Waals surface area contributed by atoms with E-state index in [-0.39, 0.29) is 33.7 Å². The summed E-state index contributed by atoms with van der Waals surface area (Å²) < 4.78 is 45.1. The molecule has 0 unspecified atom stereocenters. The van der Waals surface area contributed by atoms with Gasteiger partial charge in [-0.3, -0.25) is 14.9 Å². The molecule has 1 amide bonds. The topological polar surface area (TPSA) is 107 Å². The molecule has 3 rings (SSSR count). The molecule has 0 saturated carbocycles. The second kappa shape index (κ2) is 9.86. The maximum atomic E-state index is 13.4. The van der Waals surface area contributed by atoms with E-state index in [4.69, 9.17) is 4.74 Å². The fraction of sp³-hybridized carbons (Fsp3) is 0.190. The third kappa shape index (κ3) is 6.19. The van der Waals surface area contributed by atoms with Crippen molar-refractivity contribution in [2.75, 3.05) is 18.2 Å². The molecular formula is C21H17F3N4O4S. The Bertz CT molecular complexity index is 1190. The van der Waals surface area contributed by atoms with E-state index in [1.54, 1.807) is 24.3 Å². The van der Waals surface area contributed by atoms with Gasteiger partial charge in [0, 0.05) is 17.7 Å². The van der Waals surface area contributed by atoms with Crippen molar-refractivity contribution in [2.45, 2.75) is 18.3 Å². The van der Waals surface area contributed by atoms with E-state index in [9.17, 15) is 28.1 Å². The number of benzene rings is 2. The molecular weight excluding hydrogens is 461 g/mol. The molecule has 1 aromatic heterocycles. The maximum absolute atomic E-state index is 13.4. The first-order valence-electron chi connectivity index (χ1n) is 9.35. The van der Waals surface area contributed by atoms with Crippen molar-refractivity contribution in [3.63, 3.8) is 0 Å². The largest absolute Gasteiger partial charge is 0.495 e. The van der Waals surface area contributed by atoms with Gasteiger partial charge in [0.25, 0.3) is 5.69 Å². The third-order valence-electron chi connectivity index (χ3n) is 4.34. The minimum atomic E-state index is -4.70. The van der Waals surface area contributed by atoms with Crippen molar-refractivity contribution in [3.8, 4) is 17.0 Å². The third-order valence-corrected chi connectivity index (χ3v) is 5.19. The van der Waals surface area contributed by atoms with E-state index < -0.39 is 22.7 Å². The van der Waals surface area contributed by atoms with E-state index in [0.717, 1.165) is 17.7 Å². The van der Waals surface area contributed by atoms with E-state index in [0.29, 0.717) is 17.3 Å². The van der Waals surface area contributed by atoms with Crippen LogP contribution in [0, 0.1) is 17.0 Å². The van der Waals surface area contributed by atoms with Gasteiger partial charge in [0.05, 0.1) is 29.2 Å². The Kier molecular flexibility index (Phi) is 7.16. The van der Waals surface area contributed by atoms with Crippen LogP contribution in [0.2, 0.25) is 0 Å². The van der Waals surface area contributed by atoms with Crippen molar-refractivity contribution in [1.82, 2.24) is 9.97 Å². The Balaban J connectivity index is 1.81. The summed E-state index contributed by atoms with van der Waals surface area (Å²) in [5, 5.41) is 13.2. The van der Waals surface area contributed by atoms with Gasteiger partial charge in [-0.1, -0.05) is 41.6 Å². The lowest BCUT2D eigenvalue weighted by Crippen LogP contribution is -2.16. The Morgan fingerprint density at radius 3 is 2.45 bits per heavy atom. The second-order valence-corrected chi connectivity index (χ2v) is 7.71. The molecule has 0 atom stereocenters. The van der Waals surface area contributed by atoms with Crippen LogP contribution in [-0.4, -0.2) is 33.7 Å². The number of nitro groups is 1. The highest BCUT2D eigenvalue weighted by molar-refractivity contribution is 7.99. The molecule has 0 radical (unpaired) electrons. The SMILES string of the molecule is COc1ccc([N+](=O)[O-])cc1NC(=O)CSc1nc(-c2ccc(C)cc2)cc(C(F)(F)F)n1. The molecule has 1 N–H and O–H groups in total. The molecule has 3 aromatic rings. The summed E-state index contributed by atoms with van der Waals surface area (Å²) in [6, 6.07) is 11.3. The molecule has 0 aliphatic carbocycles. The zero-order valence-corrected chi connectivity index (χ0v) is 18.2. The van der Waals surface area contributed by atoms with Gasteiger partial charge in [0.15, 0.2) is 5.16 Å². The number of hydrogen-bond donors (Lipinski definition) is 1. The summed E-state index contributed by atoms with van der Waals surface area (Å²) in [6.07, 6.45) is -4.70. The number of thioether (sulfide) groups is 1. The number of aryl methyl sites for hydroxylation is 1. The quantitative estimate of drug-likeness (QED) is 0.217. The van der Waals surface area contributed by atoms with Crippen LogP contribution in [0.15, 0.2) is 53.7 Å². The molecule has 33 heavy (non-hydrogen) atoms. The van der Waals surface area contributed by atoms with Crippen LogP contribution >= 0.6 is 11.8 Å². The summed E-state index contributed by atoms with van der Waals surface area (Å²) >= 11 is 0.705. The molecule has 0 bridgehead atoms. The zero-order chi connectivity index (χ0) is 24.2. The van der Waals surface area contributed by atoms with E-state index >= 15 is 0 Å². The molecule has 2 aromatic carbocycles. The van der Waals surface area contributed by atoms with Gasteiger partial charge in [0.2, 0.25) is 5.91 Å². The number of non-ortho nitro benzene ring substituents is 1. The fourth-order valence-corrected chi connectivity index (χ4v) is 3.39. The van der Waals surface area contributed by atoms with E-state index in [1.807, 2.05) is 6.92 Å². The number of aromatic nitrogens is 2. The van der Waals surface area contributed by atoms with Crippen LogP contribution in [0.5, 0.6) is 5.75 Å². The fourth-order valence-electron chi connectivity index (χ4n) is 2.73. The Morgan fingerprint density at radius 1 is 1.15 bits per heavy atom. The minimum absolute atomic E-state index is 0.0580. The number of rotatable bonds is 7. The number of nitrogens with zero attached hydrogens (tertiary/aromatic N) is 3. The van der Waals surface area contributed by atoms with Gasteiger partial charge in [-0.15, -0.1) is 0 Å². The van der Waals surface area contributed by atoms with Crippen molar-refractivity contribution in [2.24, 2.45) is 0 Å². The van der Waals surface area contributed by atoms with Gasteiger partial charge in [-0.2, -0.15) is 13.2 Å². The van der Waals surface area contributed by atoms with E-state index in [2.05, 4.69) is 15.3 Å². The smallest absolute Gasteiger partial charge is 0.433 e. The molecule has 8 nitrogen and oxygen atoms in total. The Labute approximate surface area is 190 Å². The van der Waals surface area contributed by atoms with Crippen LogP contribution in [0.4, 0.5) is 24.5 Å². The highest BCUT2D eigenvalue weighted by atomic mass is 32.2. The number of carbonyl (C=O) groups excluding carboxylic acids is 1. The van der Waals surface area contributed by atoms with E-state index in [1.165, 1.54) is 19.2 Å². The lowest BCUT2D eigenvalue weighted by atomic mass is 10.1. The Morgan fingerprint density at radius 2 is 1.85 bits per heavy atom. The zero-order valence-electron chi connectivity index (χ0n) is 17.3. The van der Waals surface area contributed by atoms with Crippen molar-refractivity contribution < 1.29 is 27.6 Å². The van der Waals surface area contributed by atoms with Gasteiger partial charge in [-0.25, -0.2) is 9.97 Å². The number of halogens is 3. The molecule has 172 valence electrons. The monoisotopic (exact) mass is 478 g/mol. The predicted molar refractivity (Wildman–Crippen MR) is 116 cm³/mol. The molecule has 0 spiro atoms. The predicted octanol–water partition coefficient (Wildman–Crippen LogP) is 5.12. The summed E-state index contributed by atoms with van der Waals surface area (Å²) in [7, 11) is 1.33. The molecule has 0 aliphatic heterocycles. The molecule has 0 saturated heterocycles. The first-order valence-corrected chi connectivity index (χ1v) is 10.3. The lowest BCUT2D eigenvalue weighted by Gasteiger charge is -2.11. The number of methoxy groups -OCH3 is 1. The number of amides is 1. The molecule has 0 fully saturated rings. The van der Waals surface area contributed by atoms with Crippen molar-refractivity contribution >= 4 is 29.0 Å². The lowest BCUT2D eigenvalue weighted by molar-refractivity contribution is -0.384. The first-order chi connectivity index (χ1) is 15.6. The standard InChI is InChI=1S/C21H17F3N4O4S/c1-12-3-5-13(6-4-12)15-10-18(21(22,23)24)27-20(26-15)33-11-19(29)25-16-9-14(28(30)31)7-8-17(16)32-2/h3-10H,11H2,1-2H3,(H,25,29). The van der Waals surface area contributed by atoms with Gasteiger partial charge in [0.1, 0.15) is 11.4 Å². The number of nitro benzene ring substituents is 1. The average molecular weight is 478 g/mol. The number of hydrogen-bond acceptors (Lipinski definition) is 7. The highest BCUT2D eigenvalue weighted by Gasteiger charge is 2.34. The van der Waals surface area contributed by atoms with Gasteiger partial charge < -0.3 is 10.1 Å². The summed E-state index contributed by atoms with van der Waals surface area (Å²) in [5.41, 5.74) is 0.148. The van der Waals surface area contributed by atoms with Crippen LogP contribution in [0.25, 0.3) is 11.3 Å². The number of carbonyl (C=O) groups is 1. The second-order valence-electron chi connectivity index (χ2n) is 6.76. The van der Waals surface area contributed by atoms with Crippen LogP contribution in [-0.2, 0) is 11.0 Å². The molecule has 1 heterocycles. The molecule has 0 aliphatic rings. The minimum Gasteiger partial charge on any atom is -0.495 e. The molecule has 12 heteroatoms. The number of alkyl halides is 3. The van der Waals surface area contributed by atoms with Crippen molar-refractivity contribution in [1.29, 1.82) is 0 Å². The maximum Gasteiger partial charge on any atom is 0.433 e. The number of anilines is 1. The number of ether oxygens (including phenoxy) is 1. The summed E-state index contributed by atoms with van der Waals surface area (Å²) in [4.78, 5) is 30.4.